The van der Waals surface area contributed by atoms with E-state index in [0.717, 1.165) is 29.7 Å². The van der Waals surface area contributed by atoms with Crippen LogP contribution in [0.15, 0.2) is 60.8 Å². The molecule has 1 aliphatic carbocycles. The van der Waals surface area contributed by atoms with E-state index in [9.17, 15) is 19.8 Å². The van der Waals surface area contributed by atoms with Crippen LogP contribution < -0.4 is 5.32 Å². The molecule has 5 rings (SSSR count). The minimum Gasteiger partial charge on any atom is -0.391 e. The molecule has 1 saturated heterocycles. The first-order chi connectivity index (χ1) is 18.6. The smallest absolute Gasteiger partial charge is 0.248 e. The Morgan fingerprint density at radius 2 is 1.72 bits per heavy atom. The normalized spacial score (nSPS) is 21.0. The van der Waals surface area contributed by atoms with Gasteiger partial charge in [-0.1, -0.05) is 80.6 Å². The molecule has 2 aromatic carbocycles. The molecule has 0 radical (unpaired) electrons. The van der Waals surface area contributed by atoms with Crippen molar-refractivity contribution < 1.29 is 19.8 Å². The van der Waals surface area contributed by atoms with Crippen LogP contribution in [0.3, 0.4) is 0 Å². The number of aliphatic hydroxyl groups is 2. The van der Waals surface area contributed by atoms with E-state index in [1.165, 1.54) is 4.90 Å². The number of amides is 2. The standard InChI is InChI=1S/C30H37N5O4/c1-30(2,3)27(35-18-24(32-33-35)21-11-12-21)29(39)34-17-23(36)15-25(34)28(38)31-16-26(37)22-13-9-20(10-14-22)19-7-5-4-6-8-19/h4-10,13-14,18,21,23,25-27,36-37H,11-12,15-17H2,1-3H3,(H,31,38)/t23?,25?,26?,27-/m1/s1. The van der Waals surface area contributed by atoms with E-state index in [1.54, 1.807) is 4.68 Å². The summed E-state index contributed by atoms with van der Waals surface area (Å²) in [5, 5.41) is 32.5. The summed E-state index contributed by atoms with van der Waals surface area (Å²) in [6, 6.07) is 16.0. The van der Waals surface area contributed by atoms with Crippen molar-refractivity contribution in [3.63, 3.8) is 0 Å². The second-order valence-electron chi connectivity index (χ2n) is 11.8. The summed E-state index contributed by atoms with van der Waals surface area (Å²) in [4.78, 5) is 28.5. The van der Waals surface area contributed by atoms with Crippen molar-refractivity contribution in [3.8, 4) is 11.1 Å². The number of hydrogen-bond acceptors (Lipinski definition) is 6. The van der Waals surface area contributed by atoms with Crippen LogP contribution in [0, 0.1) is 5.41 Å². The summed E-state index contributed by atoms with van der Waals surface area (Å²) < 4.78 is 1.61. The molecular formula is C30H37N5O4. The molecule has 4 atom stereocenters. The van der Waals surface area contributed by atoms with Crippen molar-refractivity contribution in [3.05, 3.63) is 72.1 Å². The maximum absolute atomic E-state index is 13.9. The first-order valence-corrected chi connectivity index (χ1v) is 13.6. The Morgan fingerprint density at radius 3 is 2.36 bits per heavy atom. The number of aliphatic hydroxyl groups excluding tert-OH is 2. The monoisotopic (exact) mass is 531 g/mol. The van der Waals surface area contributed by atoms with Gasteiger partial charge in [-0.3, -0.25) is 9.59 Å². The van der Waals surface area contributed by atoms with Crippen LogP contribution >= 0.6 is 0 Å². The van der Waals surface area contributed by atoms with Gasteiger partial charge in [-0.2, -0.15) is 0 Å². The Kier molecular flexibility index (Phi) is 7.55. The molecule has 2 fully saturated rings. The number of likely N-dealkylation sites (tertiary alicyclic amines) is 1. The highest BCUT2D eigenvalue weighted by atomic mass is 16.3. The highest BCUT2D eigenvalue weighted by Gasteiger charge is 2.45. The van der Waals surface area contributed by atoms with Gasteiger partial charge in [-0.25, -0.2) is 4.68 Å². The van der Waals surface area contributed by atoms with Gasteiger partial charge in [-0.05, 0) is 34.9 Å². The van der Waals surface area contributed by atoms with E-state index < -0.39 is 35.6 Å². The van der Waals surface area contributed by atoms with Crippen molar-refractivity contribution in [2.75, 3.05) is 13.1 Å². The van der Waals surface area contributed by atoms with Crippen LogP contribution in [0.25, 0.3) is 11.1 Å². The van der Waals surface area contributed by atoms with Crippen molar-refractivity contribution >= 4 is 11.8 Å². The molecule has 0 bridgehead atoms. The molecule has 9 heteroatoms. The Bertz CT molecular complexity index is 1300. The quantitative estimate of drug-likeness (QED) is 0.411. The van der Waals surface area contributed by atoms with E-state index >= 15 is 0 Å². The molecular weight excluding hydrogens is 494 g/mol. The fraction of sp³-hybridized carbons (Fsp3) is 0.467. The number of carbonyl (C=O) groups excluding carboxylic acids is 2. The predicted octanol–water partition coefficient (Wildman–Crippen LogP) is 3.22. The molecule has 206 valence electrons. The number of hydrogen-bond donors (Lipinski definition) is 3. The average molecular weight is 532 g/mol. The molecule has 2 heterocycles. The maximum Gasteiger partial charge on any atom is 0.248 e. The highest BCUT2D eigenvalue weighted by molar-refractivity contribution is 5.90. The zero-order chi connectivity index (χ0) is 27.7. The lowest BCUT2D eigenvalue weighted by Gasteiger charge is -2.34. The van der Waals surface area contributed by atoms with Gasteiger partial charge < -0.3 is 20.4 Å². The SMILES string of the molecule is CC(C)(C)[C@@H](C(=O)N1CC(O)CC1C(=O)NCC(O)c1ccc(-c2ccccc2)cc1)n1cc(C2CC2)nn1. The number of nitrogens with zero attached hydrogens (tertiary/aromatic N) is 4. The van der Waals surface area contributed by atoms with E-state index in [0.29, 0.717) is 11.5 Å². The van der Waals surface area contributed by atoms with Gasteiger partial charge in [0.25, 0.3) is 0 Å². The predicted molar refractivity (Wildman–Crippen MR) is 146 cm³/mol. The second kappa shape index (κ2) is 10.9. The highest BCUT2D eigenvalue weighted by Crippen LogP contribution is 2.40. The molecule has 1 aliphatic heterocycles. The molecule has 3 aromatic rings. The van der Waals surface area contributed by atoms with Crippen LogP contribution in [-0.2, 0) is 9.59 Å². The molecule has 1 aromatic heterocycles. The number of β-amino-alcohol motifs (C(OH)–C–C–N with tert-alkyl or cyclic N) is 1. The molecule has 2 amide bonds. The molecule has 3 N–H and O–H groups in total. The van der Waals surface area contributed by atoms with Crippen molar-refractivity contribution in [1.29, 1.82) is 0 Å². The van der Waals surface area contributed by atoms with Crippen LogP contribution in [0.2, 0.25) is 0 Å². The van der Waals surface area contributed by atoms with E-state index in [-0.39, 0.29) is 25.4 Å². The first-order valence-electron chi connectivity index (χ1n) is 13.6. The summed E-state index contributed by atoms with van der Waals surface area (Å²) in [7, 11) is 0. The van der Waals surface area contributed by atoms with Crippen LogP contribution in [-0.4, -0.2) is 67.2 Å². The van der Waals surface area contributed by atoms with Gasteiger partial charge in [0.2, 0.25) is 11.8 Å². The molecule has 9 nitrogen and oxygen atoms in total. The van der Waals surface area contributed by atoms with Crippen molar-refractivity contribution in [1.82, 2.24) is 25.2 Å². The molecule has 0 spiro atoms. The van der Waals surface area contributed by atoms with Crippen molar-refractivity contribution in [2.45, 2.75) is 70.2 Å². The Balaban J connectivity index is 1.25. The zero-order valence-corrected chi connectivity index (χ0v) is 22.7. The van der Waals surface area contributed by atoms with Gasteiger partial charge in [-0.15, -0.1) is 5.10 Å². The number of aromatic nitrogens is 3. The van der Waals surface area contributed by atoms with Gasteiger partial charge in [0, 0.05) is 31.6 Å². The average Bonchev–Trinajstić information content (AvgIpc) is 3.53. The lowest BCUT2D eigenvalue weighted by Crippen LogP contribution is -2.50. The van der Waals surface area contributed by atoms with Crippen LogP contribution in [0.5, 0.6) is 0 Å². The minimum atomic E-state index is -0.910. The van der Waals surface area contributed by atoms with E-state index in [1.807, 2.05) is 81.6 Å². The summed E-state index contributed by atoms with van der Waals surface area (Å²) in [5.41, 5.74) is 3.19. The van der Waals surface area contributed by atoms with Gasteiger partial charge in [0.15, 0.2) is 0 Å². The second-order valence-corrected chi connectivity index (χ2v) is 11.8. The van der Waals surface area contributed by atoms with Crippen LogP contribution in [0.1, 0.15) is 69.4 Å². The third kappa shape index (κ3) is 6.04. The molecule has 2 aliphatic rings. The van der Waals surface area contributed by atoms with Crippen LogP contribution in [0.4, 0.5) is 0 Å². The van der Waals surface area contributed by atoms with E-state index in [4.69, 9.17) is 0 Å². The maximum atomic E-state index is 13.9. The summed E-state index contributed by atoms with van der Waals surface area (Å²) in [6.07, 6.45) is 2.42. The third-order valence-electron chi connectivity index (χ3n) is 7.58. The lowest BCUT2D eigenvalue weighted by molar-refractivity contribution is -0.144. The first kappa shape index (κ1) is 27.0. The molecule has 1 saturated carbocycles. The lowest BCUT2D eigenvalue weighted by atomic mass is 9.85. The van der Waals surface area contributed by atoms with Gasteiger partial charge in [0.1, 0.15) is 12.1 Å². The third-order valence-corrected chi connectivity index (χ3v) is 7.58. The van der Waals surface area contributed by atoms with Gasteiger partial charge >= 0.3 is 0 Å². The number of carbonyl (C=O) groups is 2. The number of rotatable bonds is 8. The largest absolute Gasteiger partial charge is 0.391 e. The summed E-state index contributed by atoms with van der Waals surface area (Å²) in [5.74, 6) is -0.268. The minimum absolute atomic E-state index is 0.00529. The fourth-order valence-corrected chi connectivity index (χ4v) is 5.29. The van der Waals surface area contributed by atoms with Gasteiger partial charge in [0.05, 0.1) is 17.9 Å². The zero-order valence-electron chi connectivity index (χ0n) is 22.7. The number of benzene rings is 2. The topological polar surface area (TPSA) is 121 Å². The molecule has 39 heavy (non-hydrogen) atoms. The summed E-state index contributed by atoms with van der Waals surface area (Å²) in [6.45, 7) is 5.92. The summed E-state index contributed by atoms with van der Waals surface area (Å²) >= 11 is 0. The molecule has 3 unspecified atom stereocenters. The Morgan fingerprint density at radius 1 is 1.05 bits per heavy atom. The Hall–Kier alpha value is -3.56. The number of nitrogens with one attached hydrogen (secondary N) is 1. The Labute approximate surface area is 228 Å². The fourth-order valence-electron chi connectivity index (χ4n) is 5.29. The van der Waals surface area contributed by atoms with Crippen molar-refractivity contribution in [2.24, 2.45) is 5.41 Å². The van der Waals surface area contributed by atoms with E-state index in [2.05, 4.69) is 15.6 Å².